The largest absolute Gasteiger partial charge is 0.398 e. The molecule has 1 aromatic heterocycles. The molecule has 1 aromatic carbocycles. The van der Waals surface area contributed by atoms with E-state index in [1.165, 1.54) is 10.9 Å². The molecule has 2 nitrogen and oxygen atoms in total. The van der Waals surface area contributed by atoms with Gasteiger partial charge in [-0.1, -0.05) is 19.9 Å². The summed E-state index contributed by atoms with van der Waals surface area (Å²) in [6.45, 7) is 4.35. The van der Waals surface area contributed by atoms with Crippen LogP contribution in [0.25, 0.3) is 10.9 Å². The zero-order valence-electron chi connectivity index (χ0n) is 7.96. The van der Waals surface area contributed by atoms with Crippen LogP contribution in [0.4, 0.5) is 5.69 Å². The second-order valence-corrected chi connectivity index (χ2v) is 3.67. The second-order valence-electron chi connectivity index (χ2n) is 3.67. The van der Waals surface area contributed by atoms with Crippen LogP contribution in [-0.2, 0) is 0 Å². The first-order chi connectivity index (χ1) is 6.20. The van der Waals surface area contributed by atoms with E-state index in [9.17, 15) is 0 Å². The van der Waals surface area contributed by atoms with Gasteiger partial charge in [-0.15, -0.1) is 0 Å². The highest BCUT2D eigenvalue weighted by Crippen LogP contribution is 2.29. The van der Waals surface area contributed by atoms with E-state index in [0.717, 1.165) is 11.2 Å². The number of hydrogen-bond acceptors (Lipinski definition) is 1. The summed E-state index contributed by atoms with van der Waals surface area (Å²) >= 11 is 0. The van der Waals surface area contributed by atoms with Gasteiger partial charge in [0, 0.05) is 22.8 Å². The van der Waals surface area contributed by atoms with Gasteiger partial charge < -0.3 is 10.7 Å². The molecule has 0 aliphatic rings. The van der Waals surface area contributed by atoms with Gasteiger partial charge in [0.05, 0.1) is 0 Å². The van der Waals surface area contributed by atoms with E-state index in [1.807, 2.05) is 18.3 Å². The Kier molecular flexibility index (Phi) is 1.76. The Morgan fingerprint density at radius 3 is 2.77 bits per heavy atom. The van der Waals surface area contributed by atoms with E-state index in [1.54, 1.807) is 0 Å². The van der Waals surface area contributed by atoms with Gasteiger partial charge in [0.2, 0.25) is 0 Å². The Hall–Kier alpha value is -1.44. The quantitative estimate of drug-likeness (QED) is 0.641. The van der Waals surface area contributed by atoms with Crippen molar-refractivity contribution in [1.82, 2.24) is 4.98 Å². The standard InChI is InChI=1S/C11H14N2/c1-7(2)8-6-13-10-5-3-4-9(12)11(8)10/h3-7,13H,12H2,1-2H3. The number of rotatable bonds is 1. The monoisotopic (exact) mass is 174 g/mol. The summed E-state index contributed by atoms with van der Waals surface area (Å²) in [5, 5.41) is 1.18. The maximum atomic E-state index is 5.92. The molecule has 0 radical (unpaired) electrons. The predicted molar refractivity (Wildman–Crippen MR) is 56.8 cm³/mol. The first kappa shape index (κ1) is 8.17. The summed E-state index contributed by atoms with van der Waals surface area (Å²) in [7, 11) is 0. The molecule has 13 heavy (non-hydrogen) atoms. The molecule has 0 spiro atoms. The molecule has 2 rings (SSSR count). The number of fused-ring (bicyclic) bond motifs is 1. The zero-order valence-corrected chi connectivity index (χ0v) is 7.96. The Labute approximate surface area is 77.8 Å². The van der Waals surface area contributed by atoms with Crippen molar-refractivity contribution in [3.05, 3.63) is 30.0 Å². The van der Waals surface area contributed by atoms with Gasteiger partial charge in [-0.2, -0.15) is 0 Å². The van der Waals surface area contributed by atoms with E-state index >= 15 is 0 Å². The van der Waals surface area contributed by atoms with Crippen LogP contribution in [0.1, 0.15) is 25.3 Å². The lowest BCUT2D eigenvalue weighted by Crippen LogP contribution is -1.89. The van der Waals surface area contributed by atoms with Crippen molar-refractivity contribution >= 4 is 16.6 Å². The summed E-state index contributed by atoms with van der Waals surface area (Å²) in [5.74, 6) is 0.512. The number of benzene rings is 1. The van der Waals surface area contributed by atoms with Crippen molar-refractivity contribution in [3.8, 4) is 0 Å². The molecule has 0 saturated carbocycles. The van der Waals surface area contributed by atoms with E-state index < -0.39 is 0 Å². The number of nitrogens with one attached hydrogen (secondary N) is 1. The highest BCUT2D eigenvalue weighted by molar-refractivity contribution is 5.94. The molecule has 1 heterocycles. The Balaban J connectivity index is 2.79. The molecule has 0 aliphatic heterocycles. The van der Waals surface area contributed by atoms with Crippen molar-refractivity contribution < 1.29 is 0 Å². The summed E-state index contributed by atoms with van der Waals surface area (Å²) in [6, 6.07) is 5.97. The van der Waals surface area contributed by atoms with Crippen LogP contribution in [0, 0.1) is 0 Å². The number of anilines is 1. The molecule has 0 aliphatic carbocycles. The number of nitrogens with two attached hydrogens (primary N) is 1. The van der Waals surface area contributed by atoms with E-state index in [2.05, 4.69) is 24.9 Å². The molecule has 0 atom stereocenters. The van der Waals surface area contributed by atoms with Gasteiger partial charge in [0.1, 0.15) is 0 Å². The van der Waals surface area contributed by atoms with Gasteiger partial charge in [-0.25, -0.2) is 0 Å². The molecule has 0 fully saturated rings. The molecule has 0 amide bonds. The molecule has 2 aromatic rings. The summed E-state index contributed by atoms with van der Waals surface area (Å²) < 4.78 is 0. The van der Waals surface area contributed by atoms with E-state index in [4.69, 9.17) is 5.73 Å². The maximum absolute atomic E-state index is 5.92. The molecule has 3 N–H and O–H groups in total. The maximum Gasteiger partial charge on any atom is 0.0477 e. The average Bonchev–Trinajstić information content (AvgIpc) is 2.49. The number of aromatic nitrogens is 1. The topological polar surface area (TPSA) is 41.8 Å². The van der Waals surface area contributed by atoms with Crippen LogP contribution in [0.2, 0.25) is 0 Å². The van der Waals surface area contributed by atoms with Gasteiger partial charge in [0.25, 0.3) is 0 Å². The predicted octanol–water partition coefficient (Wildman–Crippen LogP) is 2.87. The molecule has 2 heteroatoms. The van der Waals surface area contributed by atoms with Gasteiger partial charge >= 0.3 is 0 Å². The van der Waals surface area contributed by atoms with Crippen LogP contribution in [0.5, 0.6) is 0 Å². The second kappa shape index (κ2) is 2.80. The van der Waals surface area contributed by atoms with E-state index in [0.29, 0.717) is 5.92 Å². The lowest BCUT2D eigenvalue weighted by Gasteiger charge is -2.04. The minimum Gasteiger partial charge on any atom is -0.398 e. The molecule has 68 valence electrons. The summed E-state index contributed by atoms with van der Waals surface area (Å²) in [5.41, 5.74) is 9.21. The van der Waals surface area contributed by atoms with Crippen molar-refractivity contribution in [1.29, 1.82) is 0 Å². The number of H-pyrrole nitrogens is 1. The normalized spacial score (nSPS) is 11.3. The van der Waals surface area contributed by atoms with Crippen molar-refractivity contribution in [2.24, 2.45) is 0 Å². The van der Waals surface area contributed by atoms with Crippen LogP contribution >= 0.6 is 0 Å². The highest BCUT2D eigenvalue weighted by Gasteiger charge is 2.08. The van der Waals surface area contributed by atoms with Gasteiger partial charge in [0.15, 0.2) is 0 Å². The Bertz CT molecular complexity index is 427. The number of hydrogen-bond donors (Lipinski definition) is 2. The first-order valence-corrected chi connectivity index (χ1v) is 4.55. The highest BCUT2D eigenvalue weighted by atomic mass is 14.7. The fourth-order valence-corrected chi connectivity index (χ4v) is 1.70. The van der Waals surface area contributed by atoms with Gasteiger partial charge in [-0.05, 0) is 23.6 Å². The van der Waals surface area contributed by atoms with Crippen molar-refractivity contribution in [3.63, 3.8) is 0 Å². The van der Waals surface area contributed by atoms with Crippen molar-refractivity contribution in [2.45, 2.75) is 19.8 Å². The number of nitrogen functional groups attached to an aromatic ring is 1. The first-order valence-electron chi connectivity index (χ1n) is 4.55. The Morgan fingerprint density at radius 2 is 2.08 bits per heavy atom. The van der Waals surface area contributed by atoms with Crippen LogP contribution in [0.3, 0.4) is 0 Å². The third-order valence-corrected chi connectivity index (χ3v) is 2.39. The van der Waals surface area contributed by atoms with E-state index in [-0.39, 0.29) is 0 Å². The van der Waals surface area contributed by atoms with Crippen LogP contribution in [0.15, 0.2) is 24.4 Å². The van der Waals surface area contributed by atoms with Gasteiger partial charge in [-0.3, -0.25) is 0 Å². The Morgan fingerprint density at radius 1 is 1.31 bits per heavy atom. The zero-order chi connectivity index (χ0) is 9.42. The molecule has 0 saturated heterocycles. The molecule has 0 bridgehead atoms. The fourth-order valence-electron chi connectivity index (χ4n) is 1.70. The smallest absolute Gasteiger partial charge is 0.0477 e. The average molecular weight is 174 g/mol. The van der Waals surface area contributed by atoms with Crippen LogP contribution in [-0.4, -0.2) is 4.98 Å². The molecular formula is C11H14N2. The number of aromatic amines is 1. The summed E-state index contributed by atoms with van der Waals surface area (Å²) in [4.78, 5) is 3.23. The molecular weight excluding hydrogens is 160 g/mol. The minimum atomic E-state index is 0.512. The lowest BCUT2D eigenvalue weighted by atomic mass is 10.0. The third-order valence-electron chi connectivity index (χ3n) is 2.39. The fraction of sp³-hybridized carbons (Fsp3) is 0.273. The molecule has 0 unspecified atom stereocenters. The van der Waals surface area contributed by atoms with Crippen molar-refractivity contribution in [2.75, 3.05) is 5.73 Å². The third kappa shape index (κ3) is 1.18. The SMILES string of the molecule is CC(C)c1c[nH]c2cccc(N)c12. The van der Waals surface area contributed by atoms with Crippen LogP contribution < -0.4 is 5.73 Å². The lowest BCUT2D eigenvalue weighted by molar-refractivity contribution is 0.876. The summed E-state index contributed by atoms with van der Waals surface area (Å²) in [6.07, 6.45) is 2.05. The minimum absolute atomic E-state index is 0.512.